The summed E-state index contributed by atoms with van der Waals surface area (Å²) in [6.07, 6.45) is 2.08. The zero-order valence-corrected chi connectivity index (χ0v) is 11.0. The summed E-state index contributed by atoms with van der Waals surface area (Å²) in [5.74, 6) is -0.735. The summed E-state index contributed by atoms with van der Waals surface area (Å²) >= 11 is 0. The zero-order valence-electron chi connectivity index (χ0n) is 11.0. The van der Waals surface area contributed by atoms with Gasteiger partial charge in [-0.05, 0) is 11.6 Å². The molecule has 0 aromatic heterocycles. The predicted octanol–water partition coefficient (Wildman–Crippen LogP) is 2.67. The van der Waals surface area contributed by atoms with Crippen LogP contribution in [-0.4, -0.2) is 25.8 Å². The minimum atomic E-state index is -0.838. The van der Waals surface area contributed by atoms with Crippen molar-refractivity contribution in [2.45, 2.75) is 19.1 Å². The second kappa shape index (κ2) is 5.04. The van der Waals surface area contributed by atoms with Crippen molar-refractivity contribution in [3.63, 3.8) is 0 Å². The first-order valence-corrected chi connectivity index (χ1v) is 6.04. The van der Waals surface area contributed by atoms with E-state index in [0.29, 0.717) is 6.42 Å². The quantitative estimate of drug-likeness (QED) is 0.769. The van der Waals surface area contributed by atoms with Gasteiger partial charge in [0.25, 0.3) is 0 Å². The first-order valence-electron chi connectivity index (χ1n) is 6.04. The number of rotatable bonds is 3. The van der Waals surface area contributed by atoms with Crippen LogP contribution in [0.25, 0.3) is 5.57 Å². The predicted molar refractivity (Wildman–Crippen MR) is 70.0 cm³/mol. The molecule has 0 N–H and O–H groups in total. The molecule has 3 heteroatoms. The van der Waals surface area contributed by atoms with Crippen molar-refractivity contribution >= 4 is 11.4 Å². The molecule has 0 bridgehead atoms. The zero-order chi connectivity index (χ0) is 13.2. The Morgan fingerprint density at radius 2 is 1.78 bits per heavy atom. The van der Waals surface area contributed by atoms with Crippen LogP contribution in [0.1, 0.15) is 18.9 Å². The maximum Gasteiger partial charge on any atom is 0.198 e. The summed E-state index contributed by atoms with van der Waals surface area (Å²) < 4.78 is 11.2. The summed E-state index contributed by atoms with van der Waals surface area (Å²) in [7, 11) is 3.24. The lowest BCUT2D eigenvalue weighted by atomic mass is 9.80. The Hall–Kier alpha value is -1.45. The molecule has 96 valence electrons. The summed E-state index contributed by atoms with van der Waals surface area (Å²) in [4.78, 5) is 11.8. The van der Waals surface area contributed by atoms with Crippen molar-refractivity contribution in [1.29, 1.82) is 0 Å². The third kappa shape index (κ3) is 2.00. The van der Waals surface area contributed by atoms with Crippen molar-refractivity contribution in [1.82, 2.24) is 0 Å². The van der Waals surface area contributed by atoms with Crippen LogP contribution in [0.3, 0.4) is 0 Å². The van der Waals surface area contributed by atoms with Gasteiger partial charge in [0.15, 0.2) is 11.6 Å². The van der Waals surface area contributed by atoms with Gasteiger partial charge in [0.2, 0.25) is 0 Å². The Balaban J connectivity index is 2.56. The SMILES string of the molecule is COC1(OC)C(c2ccccc2)=CC(=O)C[C@@H]1C. The Kier molecular flexibility index (Phi) is 3.64. The molecule has 3 nitrogen and oxygen atoms in total. The van der Waals surface area contributed by atoms with Gasteiger partial charge in [-0.1, -0.05) is 37.3 Å². The summed E-state index contributed by atoms with van der Waals surface area (Å²) in [5.41, 5.74) is 1.76. The normalized spacial score (nSPS) is 22.7. The maximum atomic E-state index is 11.8. The highest BCUT2D eigenvalue weighted by Crippen LogP contribution is 2.41. The van der Waals surface area contributed by atoms with E-state index in [9.17, 15) is 4.79 Å². The lowest BCUT2D eigenvalue weighted by Crippen LogP contribution is -2.45. The number of hydrogen-bond acceptors (Lipinski definition) is 3. The van der Waals surface area contributed by atoms with Crippen LogP contribution >= 0.6 is 0 Å². The van der Waals surface area contributed by atoms with Gasteiger partial charge in [0.1, 0.15) is 0 Å². The molecule has 0 unspecified atom stereocenters. The molecule has 0 aliphatic heterocycles. The topological polar surface area (TPSA) is 35.5 Å². The monoisotopic (exact) mass is 246 g/mol. The van der Waals surface area contributed by atoms with Crippen molar-refractivity contribution in [3.8, 4) is 0 Å². The molecular formula is C15H18O3. The van der Waals surface area contributed by atoms with E-state index in [4.69, 9.17) is 9.47 Å². The van der Waals surface area contributed by atoms with Gasteiger partial charge in [-0.25, -0.2) is 0 Å². The molecule has 1 aliphatic carbocycles. The molecule has 0 spiro atoms. The van der Waals surface area contributed by atoms with Gasteiger partial charge in [-0.3, -0.25) is 4.79 Å². The molecular weight excluding hydrogens is 228 g/mol. The molecule has 1 aromatic rings. The van der Waals surface area contributed by atoms with Gasteiger partial charge >= 0.3 is 0 Å². The second-order valence-corrected chi connectivity index (χ2v) is 4.57. The lowest BCUT2D eigenvalue weighted by molar-refractivity contribution is -0.196. The van der Waals surface area contributed by atoms with Gasteiger partial charge in [0.05, 0.1) is 0 Å². The molecule has 0 saturated carbocycles. The molecule has 0 heterocycles. The highest BCUT2D eigenvalue weighted by Gasteiger charge is 2.44. The number of benzene rings is 1. The lowest BCUT2D eigenvalue weighted by Gasteiger charge is -2.40. The van der Waals surface area contributed by atoms with E-state index in [1.54, 1.807) is 20.3 Å². The molecule has 1 aliphatic rings. The molecule has 0 fully saturated rings. The Labute approximate surface area is 107 Å². The minimum Gasteiger partial charge on any atom is -0.349 e. The van der Waals surface area contributed by atoms with Gasteiger partial charge in [0, 0.05) is 32.1 Å². The molecule has 0 saturated heterocycles. The van der Waals surface area contributed by atoms with Gasteiger partial charge in [-0.15, -0.1) is 0 Å². The van der Waals surface area contributed by atoms with Crippen LogP contribution in [0.15, 0.2) is 36.4 Å². The third-order valence-electron chi connectivity index (χ3n) is 3.53. The number of ketones is 1. The molecule has 2 rings (SSSR count). The van der Waals surface area contributed by atoms with E-state index in [-0.39, 0.29) is 11.7 Å². The van der Waals surface area contributed by atoms with E-state index in [1.165, 1.54) is 0 Å². The first-order chi connectivity index (χ1) is 8.64. The highest BCUT2D eigenvalue weighted by atomic mass is 16.7. The van der Waals surface area contributed by atoms with Crippen LogP contribution in [0, 0.1) is 5.92 Å². The average molecular weight is 246 g/mol. The number of carbonyl (C=O) groups excluding carboxylic acids is 1. The summed E-state index contributed by atoms with van der Waals surface area (Å²) in [5, 5.41) is 0. The standard InChI is InChI=1S/C15H18O3/c1-11-9-13(16)10-14(15(11,17-2)18-3)12-7-5-4-6-8-12/h4-8,10-11H,9H2,1-3H3/t11-/m0/s1. The van der Waals surface area contributed by atoms with Crippen molar-refractivity contribution in [2.24, 2.45) is 5.92 Å². The second-order valence-electron chi connectivity index (χ2n) is 4.57. The smallest absolute Gasteiger partial charge is 0.198 e. The van der Waals surface area contributed by atoms with Crippen LogP contribution in [0.2, 0.25) is 0 Å². The average Bonchev–Trinajstić information content (AvgIpc) is 2.40. The van der Waals surface area contributed by atoms with E-state index in [2.05, 4.69) is 0 Å². The third-order valence-corrected chi connectivity index (χ3v) is 3.53. The molecule has 18 heavy (non-hydrogen) atoms. The number of carbonyl (C=O) groups is 1. The van der Waals surface area contributed by atoms with Crippen molar-refractivity contribution in [2.75, 3.05) is 14.2 Å². The number of hydrogen-bond donors (Lipinski definition) is 0. The van der Waals surface area contributed by atoms with E-state index >= 15 is 0 Å². The Morgan fingerprint density at radius 1 is 1.17 bits per heavy atom. The Bertz CT molecular complexity index is 458. The first kappa shape index (κ1) is 13.0. The fraction of sp³-hybridized carbons (Fsp3) is 0.400. The number of allylic oxidation sites excluding steroid dienone is 1. The van der Waals surface area contributed by atoms with Crippen LogP contribution in [-0.2, 0) is 14.3 Å². The summed E-state index contributed by atoms with van der Waals surface area (Å²) in [6.45, 7) is 1.97. The van der Waals surface area contributed by atoms with Crippen LogP contribution in [0.4, 0.5) is 0 Å². The molecule has 1 atom stereocenters. The largest absolute Gasteiger partial charge is 0.349 e. The summed E-state index contributed by atoms with van der Waals surface area (Å²) in [6, 6.07) is 9.75. The van der Waals surface area contributed by atoms with Crippen LogP contribution < -0.4 is 0 Å². The van der Waals surface area contributed by atoms with Crippen LogP contribution in [0.5, 0.6) is 0 Å². The maximum absolute atomic E-state index is 11.8. The van der Waals surface area contributed by atoms with Gasteiger partial charge < -0.3 is 9.47 Å². The van der Waals surface area contributed by atoms with Crippen molar-refractivity contribution in [3.05, 3.63) is 42.0 Å². The molecule has 0 amide bonds. The molecule has 0 radical (unpaired) electrons. The fourth-order valence-corrected chi connectivity index (χ4v) is 2.63. The Morgan fingerprint density at radius 3 is 2.33 bits per heavy atom. The molecule has 1 aromatic carbocycles. The van der Waals surface area contributed by atoms with Gasteiger partial charge in [-0.2, -0.15) is 0 Å². The fourth-order valence-electron chi connectivity index (χ4n) is 2.63. The highest BCUT2D eigenvalue weighted by molar-refractivity contribution is 6.00. The van der Waals surface area contributed by atoms with E-state index in [1.807, 2.05) is 37.3 Å². The van der Waals surface area contributed by atoms with E-state index in [0.717, 1.165) is 11.1 Å². The number of ether oxygens (including phenoxy) is 2. The number of methoxy groups -OCH3 is 2. The minimum absolute atomic E-state index is 0.0137. The van der Waals surface area contributed by atoms with E-state index < -0.39 is 5.79 Å². The van der Waals surface area contributed by atoms with Crippen molar-refractivity contribution < 1.29 is 14.3 Å².